The van der Waals surface area contributed by atoms with Gasteiger partial charge in [-0.1, -0.05) is 0 Å². The molecule has 1 aromatic carbocycles. The summed E-state index contributed by atoms with van der Waals surface area (Å²) >= 11 is 0. The van der Waals surface area contributed by atoms with Crippen molar-refractivity contribution < 1.29 is 19.5 Å². The minimum atomic E-state index is -0.842. The topological polar surface area (TPSA) is 77.9 Å². The van der Waals surface area contributed by atoms with Gasteiger partial charge in [-0.2, -0.15) is 0 Å². The number of hydrogen-bond donors (Lipinski definition) is 1. The number of nitrogens with zero attached hydrogens (tertiary/aromatic N) is 2. The Balaban J connectivity index is 1.83. The molecule has 0 aromatic heterocycles. The van der Waals surface area contributed by atoms with Crippen molar-refractivity contribution in [2.75, 3.05) is 18.0 Å². The van der Waals surface area contributed by atoms with E-state index in [1.165, 1.54) is 6.92 Å². The third kappa shape index (κ3) is 2.77. The van der Waals surface area contributed by atoms with Crippen LogP contribution in [0.25, 0.3) is 0 Å². The third-order valence-electron chi connectivity index (χ3n) is 5.17. The molecule has 0 unspecified atom stereocenters. The van der Waals surface area contributed by atoms with Crippen molar-refractivity contribution in [2.24, 2.45) is 5.92 Å². The molecule has 128 valence electrons. The first-order chi connectivity index (χ1) is 11.4. The zero-order valence-electron chi connectivity index (χ0n) is 14.0. The number of amides is 2. The predicted octanol–water partition coefficient (Wildman–Crippen LogP) is 1.92. The van der Waals surface area contributed by atoms with Gasteiger partial charge in [0, 0.05) is 37.3 Å². The van der Waals surface area contributed by atoms with Gasteiger partial charge in [0.1, 0.15) is 0 Å². The fraction of sp³-hybridized carbons (Fsp3) is 0.500. The highest BCUT2D eigenvalue weighted by atomic mass is 16.4. The lowest BCUT2D eigenvalue weighted by molar-refractivity contribution is -0.145. The predicted molar refractivity (Wildman–Crippen MR) is 89.0 cm³/mol. The Morgan fingerprint density at radius 1 is 1.21 bits per heavy atom. The molecule has 2 atom stereocenters. The summed E-state index contributed by atoms with van der Waals surface area (Å²) in [5, 5.41) is 9.31. The Morgan fingerprint density at radius 2 is 1.96 bits per heavy atom. The van der Waals surface area contributed by atoms with Crippen LogP contribution >= 0.6 is 0 Å². The summed E-state index contributed by atoms with van der Waals surface area (Å²) in [4.78, 5) is 39.2. The Morgan fingerprint density at radius 3 is 2.62 bits per heavy atom. The number of hydrogen-bond acceptors (Lipinski definition) is 3. The van der Waals surface area contributed by atoms with Crippen LogP contribution in [0.5, 0.6) is 0 Å². The van der Waals surface area contributed by atoms with Crippen LogP contribution in [0.15, 0.2) is 18.2 Å². The standard InChI is InChI=1S/C18H22N2O4/c1-11-15(18(23)24)4-3-8-19(11)17(22)14-5-6-16-13(10-14)7-9-20(16)12(2)21/h5-6,10-11,15H,3-4,7-9H2,1-2H3,(H,23,24)/t11-,15-/m1/s1. The largest absolute Gasteiger partial charge is 0.481 e. The van der Waals surface area contributed by atoms with E-state index in [4.69, 9.17) is 0 Å². The van der Waals surface area contributed by atoms with Crippen molar-refractivity contribution in [3.63, 3.8) is 0 Å². The molecule has 2 aliphatic rings. The van der Waals surface area contributed by atoms with Crippen LogP contribution < -0.4 is 4.90 Å². The van der Waals surface area contributed by atoms with E-state index in [2.05, 4.69) is 0 Å². The monoisotopic (exact) mass is 330 g/mol. The van der Waals surface area contributed by atoms with Crippen LogP contribution in [0.4, 0.5) is 5.69 Å². The van der Waals surface area contributed by atoms with Gasteiger partial charge in [-0.25, -0.2) is 0 Å². The summed E-state index contributed by atoms with van der Waals surface area (Å²) in [5.41, 5.74) is 2.43. The number of aliphatic carboxylic acids is 1. The van der Waals surface area contributed by atoms with Crippen molar-refractivity contribution in [3.05, 3.63) is 29.3 Å². The average molecular weight is 330 g/mol. The van der Waals surface area contributed by atoms with Gasteiger partial charge in [-0.15, -0.1) is 0 Å². The highest BCUT2D eigenvalue weighted by Crippen LogP contribution is 2.31. The second-order valence-corrected chi connectivity index (χ2v) is 6.59. The molecule has 1 aromatic rings. The number of carbonyl (C=O) groups is 3. The molecule has 2 heterocycles. The molecule has 0 bridgehead atoms. The van der Waals surface area contributed by atoms with Crippen LogP contribution in [0.1, 0.15) is 42.6 Å². The Hall–Kier alpha value is -2.37. The van der Waals surface area contributed by atoms with Crippen LogP contribution in [0.3, 0.4) is 0 Å². The molecule has 0 radical (unpaired) electrons. The second kappa shape index (κ2) is 6.26. The molecule has 24 heavy (non-hydrogen) atoms. The SMILES string of the molecule is CC(=O)N1CCc2cc(C(=O)N3CCC[C@@H](C(=O)O)[C@H]3C)ccc21. The first kappa shape index (κ1) is 16.5. The number of piperidine rings is 1. The molecule has 2 amide bonds. The Bertz CT molecular complexity index is 700. The quantitative estimate of drug-likeness (QED) is 0.899. The van der Waals surface area contributed by atoms with Crippen molar-refractivity contribution in [2.45, 2.75) is 39.2 Å². The van der Waals surface area contributed by atoms with Gasteiger partial charge in [-0.3, -0.25) is 14.4 Å². The molecule has 1 fully saturated rings. The molecule has 1 N–H and O–H groups in total. The van der Waals surface area contributed by atoms with E-state index < -0.39 is 11.9 Å². The summed E-state index contributed by atoms with van der Waals surface area (Å²) in [7, 11) is 0. The van der Waals surface area contributed by atoms with E-state index in [0.29, 0.717) is 31.5 Å². The zero-order chi connectivity index (χ0) is 17.4. The van der Waals surface area contributed by atoms with E-state index in [0.717, 1.165) is 17.7 Å². The number of fused-ring (bicyclic) bond motifs is 1. The van der Waals surface area contributed by atoms with Crippen molar-refractivity contribution in [3.8, 4) is 0 Å². The van der Waals surface area contributed by atoms with Gasteiger partial charge in [0.15, 0.2) is 0 Å². The van der Waals surface area contributed by atoms with E-state index in [-0.39, 0.29) is 17.9 Å². The average Bonchev–Trinajstić information content (AvgIpc) is 2.97. The molecule has 1 saturated heterocycles. The van der Waals surface area contributed by atoms with Gasteiger partial charge in [0.25, 0.3) is 5.91 Å². The molecule has 2 aliphatic heterocycles. The summed E-state index contributed by atoms with van der Waals surface area (Å²) in [6.07, 6.45) is 2.05. The van der Waals surface area contributed by atoms with E-state index in [1.807, 2.05) is 12.1 Å². The molecule has 6 nitrogen and oxygen atoms in total. The van der Waals surface area contributed by atoms with Gasteiger partial charge in [0.2, 0.25) is 5.91 Å². The molecular weight excluding hydrogens is 308 g/mol. The van der Waals surface area contributed by atoms with Gasteiger partial charge < -0.3 is 14.9 Å². The molecule has 6 heteroatoms. The molecule has 0 aliphatic carbocycles. The third-order valence-corrected chi connectivity index (χ3v) is 5.17. The van der Waals surface area contributed by atoms with Crippen LogP contribution in [0, 0.1) is 5.92 Å². The Labute approximate surface area is 141 Å². The number of carboxylic acids is 1. The highest BCUT2D eigenvalue weighted by molar-refractivity contribution is 5.98. The lowest BCUT2D eigenvalue weighted by Gasteiger charge is -2.37. The normalized spacial score (nSPS) is 23.1. The van der Waals surface area contributed by atoms with Crippen molar-refractivity contribution in [1.29, 1.82) is 0 Å². The van der Waals surface area contributed by atoms with E-state index >= 15 is 0 Å². The van der Waals surface area contributed by atoms with Crippen LogP contribution in [-0.4, -0.2) is 46.9 Å². The smallest absolute Gasteiger partial charge is 0.308 e. The van der Waals surface area contributed by atoms with Crippen molar-refractivity contribution >= 4 is 23.5 Å². The van der Waals surface area contributed by atoms with E-state index in [1.54, 1.807) is 22.8 Å². The summed E-state index contributed by atoms with van der Waals surface area (Å²) in [6.45, 7) is 4.57. The lowest BCUT2D eigenvalue weighted by atomic mass is 9.89. The fourth-order valence-corrected chi connectivity index (χ4v) is 3.79. The lowest BCUT2D eigenvalue weighted by Crippen LogP contribution is -2.49. The maximum absolute atomic E-state index is 12.8. The number of benzene rings is 1. The number of carboxylic acid groups (broad SMARTS) is 1. The maximum Gasteiger partial charge on any atom is 0.308 e. The number of likely N-dealkylation sites (tertiary alicyclic amines) is 1. The molecule has 0 spiro atoms. The second-order valence-electron chi connectivity index (χ2n) is 6.59. The van der Waals surface area contributed by atoms with E-state index in [9.17, 15) is 19.5 Å². The molecule has 3 rings (SSSR count). The molecular formula is C18H22N2O4. The van der Waals surface area contributed by atoms with Gasteiger partial charge in [-0.05, 0) is 49.9 Å². The van der Waals surface area contributed by atoms with Gasteiger partial charge in [0.05, 0.1) is 5.92 Å². The summed E-state index contributed by atoms with van der Waals surface area (Å²) in [5.74, 6) is -1.48. The van der Waals surface area contributed by atoms with Crippen LogP contribution in [-0.2, 0) is 16.0 Å². The minimum absolute atomic E-state index is 0.00165. The number of rotatable bonds is 2. The number of carbonyl (C=O) groups excluding carboxylic acids is 2. The summed E-state index contributed by atoms with van der Waals surface area (Å²) in [6, 6.07) is 5.09. The highest BCUT2D eigenvalue weighted by Gasteiger charge is 2.36. The van der Waals surface area contributed by atoms with Crippen molar-refractivity contribution in [1.82, 2.24) is 4.90 Å². The maximum atomic E-state index is 12.8. The fourth-order valence-electron chi connectivity index (χ4n) is 3.79. The Kier molecular flexibility index (Phi) is 4.30. The summed E-state index contributed by atoms with van der Waals surface area (Å²) < 4.78 is 0. The molecule has 0 saturated carbocycles. The van der Waals surface area contributed by atoms with Gasteiger partial charge >= 0.3 is 5.97 Å². The zero-order valence-corrected chi connectivity index (χ0v) is 14.0. The first-order valence-corrected chi connectivity index (χ1v) is 8.35. The van der Waals surface area contributed by atoms with Crippen LogP contribution in [0.2, 0.25) is 0 Å². The minimum Gasteiger partial charge on any atom is -0.481 e. The number of anilines is 1. The first-order valence-electron chi connectivity index (χ1n) is 8.35.